The standard InChI is InChI=1S/C11H10O4S/c1-13-7-14-15-11(12)10-6-8-4-2-3-5-9(8)16-10/h2-6H,7H2,1H3. The molecule has 0 aliphatic carbocycles. The molecule has 0 radical (unpaired) electrons. The van der Waals surface area contributed by atoms with E-state index in [0.29, 0.717) is 4.88 Å². The topological polar surface area (TPSA) is 44.8 Å². The summed E-state index contributed by atoms with van der Waals surface area (Å²) < 4.78 is 5.63. The average Bonchev–Trinajstić information content (AvgIpc) is 2.73. The normalized spacial score (nSPS) is 10.6. The largest absolute Gasteiger partial charge is 0.383 e. The third-order valence-corrected chi connectivity index (χ3v) is 3.02. The lowest BCUT2D eigenvalue weighted by atomic mass is 10.2. The van der Waals surface area contributed by atoms with Crippen molar-refractivity contribution in [2.45, 2.75) is 0 Å². The van der Waals surface area contributed by atoms with E-state index in [4.69, 9.17) is 0 Å². The van der Waals surface area contributed by atoms with Crippen LogP contribution in [0.2, 0.25) is 0 Å². The minimum absolute atomic E-state index is 0.0728. The quantitative estimate of drug-likeness (QED) is 0.355. The number of thiophene rings is 1. The van der Waals surface area contributed by atoms with Gasteiger partial charge in [-0.15, -0.1) is 11.3 Å². The van der Waals surface area contributed by atoms with Crippen molar-refractivity contribution in [2.24, 2.45) is 0 Å². The van der Waals surface area contributed by atoms with Crippen LogP contribution in [-0.2, 0) is 14.5 Å². The van der Waals surface area contributed by atoms with Crippen molar-refractivity contribution < 1.29 is 19.3 Å². The van der Waals surface area contributed by atoms with Crippen molar-refractivity contribution in [3.8, 4) is 0 Å². The number of hydrogen-bond donors (Lipinski definition) is 0. The molecule has 1 aromatic carbocycles. The molecule has 1 aromatic heterocycles. The van der Waals surface area contributed by atoms with Gasteiger partial charge < -0.3 is 4.74 Å². The molecule has 5 heteroatoms. The Balaban J connectivity index is 2.11. The highest BCUT2D eigenvalue weighted by Crippen LogP contribution is 2.25. The highest BCUT2D eigenvalue weighted by Gasteiger charge is 2.12. The molecule has 0 atom stereocenters. The van der Waals surface area contributed by atoms with Crippen molar-refractivity contribution in [1.82, 2.24) is 0 Å². The van der Waals surface area contributed by atoms with Gasteiger partial charge in [-0.3, -0.25) is 4.89 Å². The summed E-state index contributed by atoms with van der Waals surface area (Å²) in [6.45, 7) is -0.0728. The second kappa shape index (κ2) is 5.07. The molecule has 2 rings (SSSR count). The Hall–Kier alpha value is -1.43. The van der Waals surface area contributed by atoms with Crippen LogP contribution in [-0.4, -0.2) is 19.9 Å². The maximum absolute atomic E-state index is 11.5. The number of hydrogen-bond acceptors (Lipinski definition) is 5. The molecule has 84 valence electrons. The van der Waals surface area contributed by atoms with E-state index in [2.05, 4.69) is 14.5 Å². The van der Waals surface area contributed by atoms with Gasteiger partial charge in [-0.25, -0.2) is 4.79 Å². The van der Waals surface area contributed by atoms with Gasteiger partial charge in [0.1, 0.15) is 4.88 Å². The highest BCUT2D eigenvalue weighted by molar-refractivity contribution is 7.20. The molecule has 0 unspecified atom stereocenters. The monoisotopic (exact) mass is 238 g/mol. The van der Waals surface area contributed by atoms with Crippen molar-refractivity contribution in [2.75, 3.05) is 13.9 Å². The van der Waals surface area contributed by atoms with E-state index in [-0.39, 0.29) is 6.79 Å². The number of carbonyl (C=O) groups excluding carboxylic acids is 1. The smallest absolute Gasteiger partial charge is 0.355 e. The van der Waals surface area contributed by atoms with E-state index in [9.17, 15) is 4.79 Å². The second-order valence-corrected chi connectivity index (χ2v) is 4.13. The fourth-order valence-electron chi connectivity index (χ4n) is 1.25. The molecule has 0 saturated carbocycles. The Kier molecular flexibility index (Phi) is 3.51. The first-order valence-electron chi connectivity index (χ1n) is 4.62. The minimum Gasteiger partial charge on any atom is -0.355 e. The summed E-state index contributed by atoms with van der Waals surface area (Å²) in [6, 6.07) is 9.52. The number of benzene rings is 1. The third-order valence-electron chi connectivity index (χ3n) is 1.93. The number of carbonyl (C=O) groups is 1. The lowest BCUT2D eigenvalue weighted by Crippen LogP contribution is -2.05. The first-order chi connectivity index (χ1) is 7.81. The van der Waals surface area contributed by atoms with Crippen molar-refractivity contribution >= 4 is 27.4 Å². The first kappa shape index (κ1) is 11.1. The Morgan fingerprint density at radius 3 is 2.94 bits per heavy atom. The number of rotatable bonds is 4. The van der Waals surface area contributed by atoms with Gasteiger partial charge in [0.15, 0.2) is 6.79 Å². The number of methoxy groups -OCH3 is 1. The summed E-state index contributed by atoms with van der Waals surface area (Å²) in [5, 5.41) is 1.02. The molecular formula is C11H10O4S. The molecule has 1 heterocycles. The zero-order valence-corrected chi connectivity index (χ0v) is 9.45. The maximum Gasteiger partial charge on any atom is 0.383 e. The van der Waals surface area contributed by atoms with E-state index in [1.807, 2.05) is 24.3 Å². The molecule has 2 aromatic rings. The van der Waals surface area contributed by atoms with Crippen LogP contribution in [0.25, 0.3) is 10.1 Å². The van der Waals surface area contributed by atoms with E-state index < -0.39 is 5.97 Å². The maximum atomic E-state index is 11.5. The third kappa shape index (κ3) is 2.38. The fraction of sp³-hybridized carbons (Fsp3) is 0.182. The molecule has 0 aliphatic heterocycles. The van der Waals surface area contributed by atoms with Crippen LogP contribution in [0.4, 0.5) is 0 Å². The van der Waals surface area contributed by atoms with E-state index >= 15 is 0 Å². The van der Waals surface area contributed by atoms with Crippen molar-refractivity contribution in [3.05, 3.63) is 35.2 Å². The van der Waals surface area contributed by atoms with E-state index in [1.54, 1.807) is 6.07 Å². The van der Waals surface area contributed by atoms with Crippen LogP contribution in [0.5, 0.6) is 0 Å². The summed E-state index contributed by atoms with van der Waals surface area (Å²) in [5.74, 6) is -0.502. The van der Waals surface area contributed by atoms with Gasteiger partial charge in [0.2, 0.25) is 0 Å². The predicted molar refractivity (Wildman–Crippen MR) is 60.2 cm³/mol. The molecule has 4 nitrogen and oxygen atoms in total. The van der Waals surface area contributed by atoms with Crippen molar-refractivity contribution in [3.63, 3.8) is 0 Å². The number of fused-ring (bicyclic) bond motifs is 1. The SMILES string of the molecule is COCOOC(=O)c1cc2ccccc2s1. The zero-order chi connectivity index (χ0) is 11.4. The summed E-state index contributed by atoms with van der Waals surface area (Å²) in [6.07, 6.45) is 0. The molecular weight excluding hydrogens is 228 g/mol. The van der Waals surface area contributed by atoms with Crippen LogP contribution in [0.15, 0.2) is 30.3 Å². The Morgan fingerprint density at radius 1 is 1.38 bits per heavy atom. The molecule has 0 N–H and O–H groups in total. The average molecular weight is 238 g/mol. The fourth-order valence-corrected chi connectivity index (χ4v) is 2.18. The van der Waals surface area contributed by atoms with Gasteiger partial charge in [-0.1, -0.05) is 18.2 Å². The Morgan fingerprint density at radius 2 is 2.19 bits per heavy atom. The van der Waals surface area contributed by atoms with Crippen LogP contribution in [0, 0.1) is 0 Å². The Bertz CT molecular complexity index is 458. The summed E-state index contributed by atoms with van der Waals surface area (Å²) in [4.78, 5) is 21.1. The molecule has 0 fully saturated rings. The molecule has 0 amide bonds. The summed E-state index contributed by atoms with van der Waals surface area (Å²) in [5.41, 5.74) is 0. The van der Waals surface area contributed by atoms with Gasteiger partial charge in [-0.2, -0.15) is 4.89 Å². The van der Waals surface area contributed by atoms with Crippen LogP contribution < -0.4 is 0 Å². The minimum atomic E-state index is -0.502. The van der Waals surface area contributed by atoms with Crippen molar-refractivity contribution in [1.29, 1.82) is 0 Å². The molecule has 0 bridgehead atoms. The van der Waals surface area contributed by atoms with Crippen LogP contribution >= 0.6 is 11.3 Å². The molecule has 0 spiro atoms. The van der Waals surface area contributed by atoms with Crippen LogP contribution in [0.1, 0.15) is 9.67 Å². The van der Waals surface area contributed by atoms with Gasteiger partial charge in [-0.05, 0) is 17.5 Å². The molecule has 0 aliphatic rings. The highest BCUT2D eigenvalue weighted by atomic mass is 32.1. The predicted octanol–water partition coefficient (Wildman–Crippen LogP) is 2.59. The van der Waals surface area contributed by atoms with E-state index in [1.165, 1.54) is 18.4 Å². The zero-order valence-electron chi connectivity index (χ0n) is 8.64. The lowest BCUT2D eigenvalue weighted by Gasteiger charge is -1.99. The molecule has 16 heavy (non-hydrogen) atoms. The van der Waals surface area contributed by atoms with Gasteiger partial charge in [0.05, 0.1) is 0 Å². The number of ether oxygens (including phenoxy) is 1. The van der Waals surface area contributed by atoms with Gasteiger partial charge >= 0.3 is 5.97 Å². The Labute approximate surface area is 96.3 Å². The first-order valence-corrected chi connectivity index (χ1v) is 5.44. The summed E-state index contributed by atoms with van der Waals surface area (Å²) >= 11 is 1.37. The lowest BCUT2D eigenvalue weighted by molar-refractivity contribution is -0.286. The second-order valence-electron chi connectivity index (χ2n) is 3.04. The van der Waals surface area contributed by atoms with Gasteiger partial charge in [0.25, 0.3) is 0 Å². The molecule has 0 saturated heterocycles. The summed E-state index contributed by atoms with van der Waals surface area (Å²) in [7, 11) is 1.45. The van der Waals surface area contributed by atoms with E-state index in [0.717, 1.165) is 10.1 Å². The van der Waals surface area contributed by atoms with Crippen LogP contribution in [0.3, 0.4) is 0 Å². The van der Waals surface area contributed by atoms with Gasteiger partial charge in [0, 0.05) is 11.8 Å².